The highest BCUT2D eigenvalue weighted by atomic mass is 16.5. The highest BCUT2D eigenvalue weighted by molar-refractivity contribution is 4.52. The molecular formula is C10H22O3. The fraction of sp³-hybridized carbons (Fsp3) is 1.00. The zero-order valence-electron chi connectivity index (χ0n) is 8.95. The first-order valence-corrected chi connectivity index (χ1v) is 4.91. The van der Waals surface area contributed by atoms with E-state index in [4.69, 9.17) is 9.47 Å². The van der Waals surface area contributed by atoms with Gasteiger partial charge in [0.15, 0.2) is 0 Å². The van der Waals surface area contributed by atoms with E-state index in [2.05, 4.69) is 13.8 Å². The maximum Gasteiger partial charge on any atom is 0.0795 e. The van der Waals surface area contributed by atoms with Crippen LogP contribution in [0.1, 0.15) is 26.7 Å². The molecule has 0 saturated carbocycles. The lowest BCUT2D eigenvalue weighted by Crippen LogP contribution is -2.16. The van der Waals surface area contributed by atoms with Crippen molar-refractivity contribution in [3.05, 3.63) is 0 Å². The Morgan fingerprint density at radius 3 is 2.31 bits per heavy atom. The molecule has 0 heterocycles. The van der Waals surface area contributed by atoms with Crippen LogP contribution in [0.3, 0.4) is 0 Å². The molecule has 0 radical (unpaired) electrons. The molecule has 0 aliphatic heterocycles. The standard InChI is InChI=1S/C10H22O3/c1-9(2)4-6-13-7-5-10(11)8-12-3/h9-11H,4-8H2,1-3H3. The van der Waals surface area contributed by atoms with Gasteiger partial charge >= 0.3 is 0 Å². The molecule has 0 rings (SSSR count). The molecule has 0 aromatic carbocycles. The molecule has 80 valence electrons. The van der Waals surface area contributed by atoms with Crippen molar-refractivity contribution in [3.8, 4) is 0 Å². The summed E-state index contributed by atoms with van der Waals surface area (Å²) >= 11 is 0. The fourth-order valence-corrected chi connectivity index (χ4v) is 0.916. The number of ether oxygens (including phenoxy) is 2. The fourth-order valence-electron chi connectivity index (χ4n) is 0.916. The molecule has 1 atom stereocenters. The third kappa shape index (κ3) is 9.80. The van der Waals surface area contributed by atoms with Crippen LogP contribution in [-0.2, 0) is 9.47 Å². The number of methoxy groups -OCH3 is 1. The molecule has 1 N–H and O–H groups in total. The summed E-state index contributed by atoms with van der Waals surface area (Å²) in [6.07, 6.45) is 1.36. The average molecular weight is 190 g/mol. The van der Waals surface area contributed by atoms with Crippen LogP contribution in [0.5, 0.6) is 0 Å². The minimum absolute atomic E-state index is 0.385. The van der Waals surface area contributed by atoms with Crippen molar-refractivity contribution in [3.63, 3.8) is 0 Å². The first-order chi connectivity index (χ1) is 6.16. The molecule has 13 heavy (non-hydrogen) atoms. The van der Waals surface area contributed by atoms with Crippen molar-refractivity contribution in [2.24, 2.45) is 5.92 Å². The number of hydrogen-bond donors (Lipinski definition) is 1. The molecule has 0 amide bonds. The normalized spacial score (nSPS) is 13.6. The van der Waals surface area contributed by atoms with Crippen molar-refractivity contribution in [1.82, 2.24) is 0 Å². The van der Waals surface area contributed by atoms with E-state index >= 15 is 0 Å². The monoisotopic (exact) mass is 190 g/mol. The summed E-state index contributed by atoms with van der Waals surface area (Å²) in [7, 11) is 1.59. The number of hydrogen-bond acceptors (Lipinski definition) is 3. The predicted molar refractivity (Wildman–Crippen MR) is 52.8 cm³/mol. The van der Waals surface area contributed by atoms with Gasteiger partial charge in [0.25, 0.3) is 0 Å². The van der Waals surface area contributed by atoms with E-state index < -0.39 is 0 Å². The van der Waals surface area contributed by atoms with Gasteiger partial charge < -0.3 is 14.6 Å². The van der Waals surface area contributed by atoms with Crippen molar-refractivity contribution in [2.45, 2.75) is 32.8 Å². The summed E-state index contributed by atoms with van der Waals surface area (Å²) in [6, 6.07) is 0. The zero-order chi connectivity index (χ0) is 10.1. The topological polar surface area (TPSA) is 38.7 Å². The van der Waals surface area contributed by atoms with Crippen molar-refractivity contribution >= 4 is 0 Å². The Labute approximate surface area is 81.0 Å². The lowest BCUT2D eigenvalue weighted by molar-refractivity contribution is 0.0300. The Morgan fingerprint density at radius 1 is 1.15 bits per heavy atom. The van der Waals surface area contributed by atoms with Gasteiger partial charge in [0.1, 0.15) is 0 Å². The Kier molecular flexibility index (Phi) is 8.40. The smallest absolute Gasteiger partial charge is 0.0795 e. The third-order valence-electron chi connectivity index (χ3n) is 1.79. The van der Waals surface area contributed by atoms with E-state index in [1.165, 1.54) is 0 Å². The van der Waals surface area contributed by atoms with Crippen LogP contribution < -0.4 is 0 Å². The van der Waals surface area contributed by atoms with Gasteiger partial charge in [0.05, 0.1) is 12.7 Å². The molecule has 0 saturated heterocycles. The quantitative estimate of drug-likeness (QED) is 0.589. The molecular weight excluding hydrogens is 168 g/mol. The third-order valence-corrected chi connectivity index (χ3v) is 1.79. The van der Waals surface area contributed by atoms with Gasteiger partial charge in [-0.3, -0.25) is 0 Å². The van der Waals surface area contributed by atoms with Crippen LogP contribution >= 0.6 is 0 Å². The van der Waals surface area contributed by atoms with Gasteiger partial charge in [0.2, 0.25) is 0 Å². The molecule has 0 aromatic rings. The van der Waals surface area contributed by atoms with Crippen molar-refractivity contribution in [1.29, 1.82) is 0 Å². The number of aliphatic hydroxyl groups excluding tert-OH is 1. The van der Waals surface area contributed by atoms with Crippen molar-refractivity contribution < 1.29 is 14.6 Å². The first kappa shape index (κ1) is 12.9. The summed E-state index contributed by atoms with van der Waals surface area (Å²) in [6.45, 7) is 6.15. The Bertz CT molecular complexity index is 104. The summed E-state index contributed by atoms with van der Waals surface area (Å²) < 4.78 is 10.1. The second kappa shape index (κ2) is 8.48. The van der Waals surface area contributed by atoms with Gasteiger partial charge in [-0.15, -0.1) is 0 Å². The van der Waals surface area contributed by atoms with E-state index in [1.54, 1.807) is 7.11 Å². The number of aliphatic hydroxyl groups is 1. The van der Waals surface area contributed by atoms with Crippen LogP contribution in [0.2, 0.25) is 0 Å². The van der Waals surface area contributed by atoms with E-state index in [0.29, 0.717) is 25.6 Å². The minimum Gasteiger partial charge on any atom is -0.391 e. The summed E-state index contributed by atoms with van der Waals surface area (Å²) in [4.78, 5) is 0. The first-order valence-electron chi connectivity index (χ1n) is 4.91. The summed E-state index contributed by atoms with van der Waals surface area (Å²) in [5.41, 5.74) is 0. The highest BCUT2D eigenvalue weighted by Crippen LogP contribution is 2.00. The Balaban J connectivity index is 3.06. The maximum atomic E-state index is 9.25. The van der Waals surface area contributed by atoms with Crippen LogP contribution in [0.15, 0.2) is 0 Å². The van der Waals surface area contributed by atoms with E-state index in [0.717, 1.165) is 13.0 Å². The van der Waals surface area contributed by atoms with Gasteiger partial charge in [-0.25, -0.2) is 0 Å². The maximum absolute atomic E-state index is 9.25. The second-order valence-corrected chi connectivity index (χ2v) is 3.69. The highest BCUT2D eigenvalue weighted by Gasteiger charge is 2.02. The molecule has 0 fully saturated rings. The predicted octanol–water partition coefficient (Wildman–Crippen LogP) is 1.45. The van der Waals surface area contributed by atoms with Gasteiger partial charge in [-0.05, 0) is 18.8 Å². The van der Waals surface area contributed by atoms with Gasteiger partial charge in [-0.1, -0.05) is 13.8 Å². The van der Waals surface area contributed by atoms with E-state index in [1.807, 2.05) is 0 Å². The largest absolute Gasteiger partial charge is 0.391 e. The van der Waals surface area contributed by atoms with Crippen LogP contribution in [0.4, 0.5) is 0 Å². The molecule has 1 unspecified atom stereocenters. The van der Waals surface area contributed by atoms with Crippen LogP contribution in [-0.4, -0.2) is 38.1 Å². The molecule has 0 aliphatic carbocycles. The van der Waals surface area contributed by atoms with E-state index in [-0.39, 0.29) is 6.10 Å². The number of rotatable bonds is 8. The van der Waals surface area contributed by atoms with Gasteiger partial charge in [-0.2, -0.15) is 0 Å². The Morgan fingerprint density at radius 2 is 1.77 bits per heavy atom. The summed E-state index contributed by atoms with van der Waals surface area (Å²) in [5.74, 6) is 0.684. The molecule has 3 nitrogen and oxygen atoms in total. The van der Waals surface area contributed by atoms with Gasteiger partial charge in [0, 0.05) is 20.3 Å². The lowest BCUT2D eigenvalue weighted by Gasteiger charge is -2.10. The molecule has 0 bridgehead atoms. The average Bonchev–Trinajstić information content (AvgIpc) is 2.03. The summed E-state index contributed by atoms with van der Waals surface area (Å²) in [5, 5.41) is 9.25. The lowest BCUT2D eigenvalue weighted by atomic mass is 10.1. The van der Waals surface area contributed by atoms with Crippen LogP contribution in [0.25, 0.3) is 0 Å². The minimum atomic E-state index is -0.385. The SMILES string of the molecule is COCC(O)CCOCCC(C)C. The Hall–Kier alpha value is -0.120. The molecule has 0 aromatic heterocycles. The van der Waals surface area contributed by atoms with Crippen LogP contribution in [0, 0.1) is 5.92 Å². The zero-order valence-corrected chi connectivity index (χ0v) is 8.95. The molecule has 3 heteroatoms. The second-order valence-electron chi connectivity index (χ2n) is 3.69. The molecule has 0 aliphatic rings. The van der Waals surface area contributed by atoms with Crippen molar-refractivity contribution in [2.75, 3.05) is 26.9 Å². The van der Waals surface area contributed by atoms with E-state index in [9.17, 15) is 5.11 Å². The molecule has 0 spiro atoms.